The quantitative estimate of drug-likeness (QED) is 0.411. The predicted molar refractivity (Wildman–Crippen MR) is 130 cm³/mol. The zero-order valence-electron chi connectivity index (χ0n) is 18.5. The average Bonchev–Trinajstić information content (AvgIpc) is 2.88. The van der Waals surface area contributed by atoms with Gasteiger partial charge in [-0.25, -0.2) is 4.99 Å². The highest BCUT2D eigenvalue weighted by atomic mass is 16.1. The molecule has 0 bridgehead atoms. The van der Waals surface area contributed by atoms with Crippen LogP contribution in [0.25, 0.3) is 10.8 Å². The van der Waals surface area contributed by atoms with Crippen LogP contribution in [0, 0.1) is 22.8 Å². The molecule has 0 aliphatic heterocycles. The molecular formula is C29H16N2O4. The molecule has 0 unspecified atom stereocenters. The molecule has 0 spiro atoms. The van der Waals surface area contributed by atoms with E-state index in [2.05, 4.69) is 4.99 Å². The van der Waals surface area contributed by atoms with Crippen molar-refractivity contribution in [1.82, 2.24) is 0 Å². The van der Waals surface area contributed by atoms with E-state index in [0.29, 0.717) is 33.3 Å². The van der Waals surface area contributed by atoms with Gasteiger partial charge in [0.05, 0.1) is 16.3 Å². The summed E-state index contributed by atoms with van der Waals surface area (Å²) in [5.41, 5.74) is 1.41. The van der Waals surface area contributed by atoms with Crippen LogP contribution in [0.5, 0.6) is 0 Å². The molecule has 0 aromatic heterocycles. The molecule has 1 N–H and O–H groups in total. The minimum atomic E-state index is -0.376. The Balaban J connectivity index is 1.71. The summed E-state index contributed by atoms with van der Waals surface area (Å²) in [5, 5.41) is 9.35. The van der Waals surface area contributed by atoms with Gasteiger partial charge in [-0.2, -0.15) is 0 Å². The van der Waals surface area contributed by atoms with E-state index >= 15 is 0 Å². The third kappa shape index (κ3) is 2.83. The molecule has 0 heterocycles. The number of benzene rings is 3. The Hall–Kier alpha value is -4.84. The fraction of sp³-hybridized carbons (Fsp3) is 0.0345. The zero-order valence-corrected chi connectivity index (χ0v) is 18.5. The van der Waals surface area contributed by atoms with Crippen LogP contribution in [-0.2, 0) is 0 Å². The lowest BCUT2D eigenvalue weighted by atomic mass is 9.81. The van der Waals surface area contributed by atoms with Crippen LogP contribution in [0.1, 0.15) is 37.4 Å². The van der Waals surface area contributed by atoms with Gasteiger partial charge in [0.1, 0.15) is 5.36 Å². The minimum absolute atomic E-state index is 0.0193. The Morgan fingerprint density at radius 1 is 0.657 bits per heavy atom. The lowest BCUT2D eigenvalue weighted by Crippen LogP contribution is -2.32. The van der Waals surface area contributed by atoms with E-state index in [1.165, 1.54) is 12.1 Å². The minimum Gasteiger partial charge on any atom is -0.299 e. The summed E-state index contributed by atoms with van der Waals surface area (Å²) in [5.74, 6) is -0.508. The highest BCUT2D eigenvalue weighted by Crippen LogP contribution is 2.33. The van der Waals surface area contributed by atoms with Crippen LogP contribution in [0.15, 0.2) is 87.4 Å². The number of hydrogen-bond acceptors (Lipinski definition) is 6. The topological polar surface area (TPSA) is 104 Å². The fourth-order valence-corrected chi connectivity index (χ4v) is 4.87. The van der Waals surface area contributed by atoms with E-state index in [0.717, 1.165) is 0 Å². The van der Waals surface area contributed by atoms with Gasteiger partial charge in [0.25, 0.3) is 0 Å². The summed E-state index contributed by atoms with van der Waals surface area (Å²) in [6, 6.07) is 19.3. The van der Waals surface area contributed by atoms with E-state index in [-0.39, 0.29) is 54.5 Å². The molecule has 6 heteroatoms. The Morgan fingerprint density at radius 3 is 2.00 bits per heavy atom. The van der Waals surface area contributed by atoms with Crippen LogP contribution in [0.3, 0.4) is 0 Å². The number of carbonyl (C=O) groups excluding carboxylic acids is 2. The van der Waals surface area contributed by atoms with Gasteiger partial charge < -0.3 is 0 Å². The maximum Gasteiger partial charge on any atom is 0.196 e. The van der Waals surface area contributed by atoms with Gasteiger partial charge in [-0.3, -0.25) is 24.6 Å². The summed E-state index contributed by atoms with van der Waals surface area (Å²) in [4.78, 5) is 57.4. The van der Waals surface area contributed by atoms with Gasteiger partial charge in [0.2, 0.25) is 0 Å². The summed E-state index contributed by atoms with van der Waals surface area (Å²) in [7, 11) is 0. The number of fused-ring (bicyclic) bond motifs is 3. The maximum atomic E-state index is 13.4. The molecule has 3 aromatic rings. The second kappa shape index (κ2) is 7.33. The number of nitrogens with zero attached hydrogens (tertiary/aromatic N) is 1. The molecule has 6 rings (SSSR count). The number of nitrogens with one attached hydrogen (secondary N) is 1. The third-order valence-corrected chi connectivity index (χ3v) is 6.62. The first-order valence-electron chi connectivity index (χ1n) is 11.0. The Labute approximate surface area is 197 Å². The van der Waals surface area contributed by atoms with E-state index in [1.807, 2.05) is 0 Å². The second-order valence-electron chi connectivity index (χ2n) is 8.54. The first-order chi connectivity index (χ1) is 16.9. The summed E-state index contributed by atoms with van der Waals surface area (Å²) in [6.45, 7) is 1.69. The number of ketones is 2. The molecule has 35 heavy (non-hydrogen) atoms. The predicted octanol–water partition coefficient (Wildman–Crippen LogP) is 2.96. The molecule has 166 valence electrons. The first-order valence-corrected chi connectivity index (χ1v) is 11.0. The largest absolute Gasteiger partial charge is 0.299 e. The second-order valence-corrected chi connectivity index (χ2v) is 8.54. The van der Waals surface area contributed by atoms with Crippen LogP contribution in [0.4, 0.5) is 5.69 Å². The van der Waals surface area contributed by atoms with Crippen LogP contribution in [-0.4, -0.2) is 11.6 Å². The van der Waals surface area contributed by atoms with E-state index in [9.17, 15) is 19.2 Å². The SMILES string of the molecule is Cc1c(N=c2c(=N)ccc3c(=O)c4ccccc4c(=O)c2=3)ccc2c1C(=O)c1ccccc1C2=O. The standard InChI is InChI=1S/C29H16N2O4/c1-14-22(13-11-19-23(14)28(34)17-8-4-2-6-15(17)26(19)32)31-25-21(30)12-10-20-24(25)29(35)18-9-5-3-7-16(18)27(20)33/h2-13,30H,1H3. The highest BCUT2D eigenvalue weighted by molar-refractivity contribution is 6.29. The summed E-state index contributed by atoms with van der Waals surface area (Å²) < 4.78 is 0. The van der Waals surface area contributed by atoms with E-state index in [4.69, 9.17) is 5.41 Å². The Bertz CT molecular complexity index is 2070. The smallest absolute Gasteiger partial charge is 0.196 e. The summed E-state index contributed by atoms with van der Waals surface area (Å²) in [6.07, 6.45) is 0. The van der Waals surface area contributed by atoms with Crippen molar-refractivity contribution in [3.8, 4) is 0 Å². The molecule has 0 amide bonds. The van der Waals surface area contributed by atoms with Gasteiger partial charge in [0.15, 0.2) is 22.4 Å². The molecule has 3 aliphatic carbocycles. The van der Waals surface area contributed by atoms with Gasteiger partial charge in [0, 0.05) is 38.2 Å². The molecule has 3 aliphatic rings. The highest BCUT2D eigenvalue weighted by Gasteiger charge is 2.31. The van der Waals surface area contributed by atoms with Crippen molar-refractivity contribution in [2.45, 2.75) is 6.92 Å². The zero-order chi connectivity index (χ0) is 24.4. The normalized spacial score (nSPS) is 13.3. The lowest BCUT2D eigenvalue weighted by molar-refractivity contribution is 0.0978. The molecular weight excluding hydrogens is 440 g/mol. The summed E-state index contributed by atoms with van der Waals surface area (Å²) >= 11 is 0. The van der Waals surface area contributed by atoms with Gasteiger partial charge >= 0.3 is 0 Å². The van der Waals surface area contributed by atoms with Gasteiger partial charge in [-0.1, -0.05) is 48.5 Å². The van der Waals surface area contributed by atoms with Crippen molar-refractivity contribution in [2.24, 2.45) is 4.99 Å². The van der Waals surface area contributed by atoms with Crippen LogP contribution in [0.2, 0.25) is 0 Å². The van der Waals surface area contributed by atoms with Crippen LogP contribution < -0.4 is 21.6 Å². The van der Waals surface area contributed by atoms with Crippen molar-refractivity contribution in [3.05, 3.63) is 142 Å². The van der Waals surface area contributed by atoms with Crippen LogP contribution >= 0.6 is 0 Å². The lowest BCUT2D eigenvalue weighted by Gasteiger charge is -2.19. The van der Waals surface area contributed by atoms with Crippen molar-refractivity contribution < 1.29 is 9.59 Å². The number of carbonyl (C=O) groups is 2. The van der Waals surface area contributed by atoms with Crippen molar-refractivity contribution >= 4 is 28.0 Å². The van der Waals surface area contributed by atoms with Gasteiger partial charge in [-0.05, 0) is 36.8 Å². The first kappa shape index (κ1) is 20.7. The monoisotopic (exact) mass is 456 g/mol. The molecule has 3 aromatic carbocycles. The maximum absolute atomic E-state index is 13.4. The van der Waals surface area contributed by atoms with E-state index < -0.39 is 0 Å². The molecule has 0 radical (unpaired) electrons. The molecule has 6 nitrogen and oxygen atoms in total. The molecule has 0 fully saturated rings. The molecule has 0 saturated carbocycles. The Morgan fingerprint density at radius 2 is 1.29 bits per heavy atom. The molecule has 0 saturated heterocycles. The number of rotatable bonds is 1. The Kier molecular flexibility index (Phi) is 4.35. The third-order valence-electron chi connectivity index (χ3n) is 6.62. The molecule has 0 atom stereocenters. The van der Waals surface area contributed by atoms with E-state index in [1.54, 1.807) is 67.6 Å². The van der Waals surface area contributed by atoms with Crippen molar-refractivity contribution in [1.29, 1.82) is 5.41 Å². The number of hydrogen-bond donors (Lipinski definition) is 1. The van der Waals surface area contributed by atoms with Crippen molar-refractivity contribution in [2.75, 3.05) is 0 Å². The average molecular weight is 456 g/mol. The fourth-order valence-electron chi connectivity index (χ4n) is 4.87. The van der Waals surface area contributed by atoms with Gasteiger partial charge in [-0.15, -0.1) is 0 Å². The van der Waals surface area contributed by atoms with Crippen molar-refractivity contribution in [3.63, 3.8) is 0 Å².